The minimum Gasteiger partial charge on any atom is -0.508 e. The van der Waals surface area contributed by atoms with Crippen LogP contribution in [0.1, 0.15) is 15.9 Å². The van der Waals surface area contributed by atoms with E-state index in [9.17, 15) is 14.9 Å². The topological polar surface area (TPSA) is 105 Å². The number of nitro benzene ring substituents is 1. The van der Waals surface area contributed by atoms with Crippen LogP contribution in [-0.4, -0.2) is 22.2 Å². The van der Waals surface area contributed by atoms with Gasteiger partial charge in [-0.3, -0.25) is 14.9 Å². The summed E-state index contributed by atoms with van der Waals surface area (Å²) in [7, 11) is 0. The SMILES string of the molecule is O=C(N/N=C/c1cccc([N+](=O)[O-])c1)c1ccc(O)cc1. The van der Waals surface area contributed by atoms with E-state index in [1.807, 2.05) is 0 Å². The van der Waals surface area contributed by atoms with Crippen molar-refractivity contribution in [3.63, 3.8) is 0 Å². The van der Waals surface area contributed by atoms with Gasteiger partial charge in [0.2, 0.25) is 0 Å². The number of aromatic hydroxyl groups is 1. The average Bonchev–Trinajstić information content (AvgIpc) is 2.48. The number of hydrazone groups is 1. The Morgan fingerprint density at radius 1 is 1.24 bits per heavy atom. The number of benzene rings is 2. The van der Waals surface area contributed by atoms with Gasteiger partial charge in [0.05, 0.1) is 11.1 Å². The lowest BCUT2D eigenvalue weighted by Crippen LogP contribution is -2.17. The first-order valence-electron chi connectivity index (χ1n) is 5.93. The monoisotopic (exact) mass is 285 g/mol. The molecule has 0 saturated carbocycles. The van der Waals surface area contributed by atoms with E-state index < -0.39 is 10.8 Å². The second kappa shape index (κ2) is 6.29. The molecule has 2 rings (SSSR count). The molecule has 2 aromatic rings. The summed E-state index contributed by atoms with van der Waals surface area (Å²) in [5.41, 5.74) is 3.08. The predicted molar refractivity (Wildman–Crippen MR) is 76.3 cm³/mol. The smallest absolute Gasteiger partial charge is 0.271 e. The van der Waals surface area contributed by atoms with Gasteiger partial charge in [-0.2, -0.15) is 5.10 Å². The normalized spacial score (nSPS) is 10.5. The summed E-state index contributed by atoms with van der Waals surface area (Å²) in [5, 5.41) is 23.5. The first kappa shape index (κ1) is 14.2. The summed E-state index contributed by atoms with van der Waals surface area (Å²) in [6.45, 7) is 0. The van der Waals surface area contributed by atoms with Crippen molar-refractivity contribution in [2.45, 2.75) is 0 Å². The minimum absolute atomic E-state index is 0.0520. The highest BCUT2D eigenvalue weighted by Crippen LogP contribution is 2.11. The van der Waals surface area contributed by atoms with Crippen LogP contribution in [0, 0.1) is 10.1 Å². The summed E-state index contributed by atoms with van der Waals surface area (Å²) < 4.78 is 0. The quantitative estimate of drug-likeness (QED) is 0.509. The molecule has 0 heterocycles. The van der Waals surface area contributed by atoms with Crippen LogP contribution in [0.2, 0.25) is 0 Å². The van der Waals surface area contributed by atoms with Crippen LogP contribution in [0.4, 0.5) is 5.69 Å². The maximum atomic E-state index is 11.7. The molecule has 0 aliphatic carbocycles. The number of phenolic OH excluding ortho intramolecular Hbond substituents is 1. The second-order valence-electron chi connectivity index (χ2n) is 4.10. The maximum Gasteiger partial charge on any atom is 0.271 e. The summed E-state index contributed by atoms with van der Waals surface area (Å²) >= 11 is 0. The van der Waals surface area contributed by atoms with Crippen LogP contribution in [-0.2, 0) is 0 Å². The van der Waals surface area contributed by atoms with E-state index in [-0.39, 0.29) is 11.4 Å². The van der Waals surface area contributed by atoms with Crippen molar-refractivity contribution in [3.8, 4) is 5.75 Å². The van der Waals surface area contributed by atoms with Crippen LogP contribution < -0.4 is 5.43 Å². The van der Waals surface area contributed by atoms with Gasteiger partial charge in [0.25, 0.3) is 11.6 Å². The van der Waals surface area contributed by atoms with Crippen molar-refractivity contribution in [1.82, 2.24) is 5.43 Å². The number of hydrogen-bond acceptors (Lipinski definition) is 5. The lowest BCUT2D eigenvalue weighted by atomic mass is 10.2. The van der Waals surface area contributed by atoms with E-state index in [4.69, 9.17) is 5.11 Å². The van der Waals surface area contributed by atoms with E-state index in [0.29, 0.717) is 11.1 Å². The Morgan fingerprint density at radius 2 is 1.95 bits per heavy atom. The van der Waals surface area contributed by atoms with Gasteiger partial charge in [-0.1, -0.05) is 12.1 Å². The molecule has 106 valence electrons. The van der Waals surface area contributed by atoms with Crippen LogP contribution in [0.15, 0.2) is 53.6 Å². The molecule has 0 aliphatic rings. The molecule has 2 aromatic carbocycles. The zero-order valence-corrected chi connectivity index (χ0v) is 10.8. The van der Waals surface area contributed by atoms with Crippen LogP contribution in [0.25, 0.3) is 0 Å². The second-order valence-corrected chi connectivity index (χ2v) is 4.10. The predicted octanol–water partition coefficient (Wildman–Crippen LogP) is 2.06. The maximum absolute atomic E-state index is 11.7. The zero-order chi connectivity index (χ0) is 15.2. The number of rotatable bonds is 4. The van der Waals surface area contributed by atoms with Crippen molar-refractivity contribution < 1.29 is 14.8 Å². The lowest BCUT2D eigenvalue weighted by molar-refractivity contribution is -0.384. The molecule has 0 fully saturated rings. The Labute approximate surface area is 119 Å². The average molecular weight is 285 g/mol. The van der Waals surface area contributed by atoms with Crippen molar-refractivity contribution in [2.75, 3.05) is 0 Å². The third-order valence-corrected chi connectivity index (χ3v) is 2.59. The van der Waals surface area contributed by atoms with Gasteiger partial charge >= 0.3 is 0 Å². The van der Waals surface area contributed by atoms with Gasteiger partial charge in [0.15, 0.2) is 0 Å². The van der Waals surface area contributed by atoms with Crippen LogP contribution >= 0.6 is 0 Å². The Balaban J connectivity index is 2.02. The molecular weight excluding hydrogens is 274 g/mol. The van der Waals surface area contributed by atoms with Crippen molar-refractivity contribution in [3.05, 3.63) is 69.8 Å². The standard InChI is InChI=1S/C14H11N3O4/c18-13-6-4-11(5-7-13)14(19)16-15-9-10-2-1-3-12(8-10)17(20)21/h1-9,18H,(H,16,19)/b15-9+. The third kappa shape index (κ3) is 3.87. The number of nitrogens with one attached hydrogen (secondary N) is 1. The summed E-state index contributed by atoms with van der Waals surface area (Å²) in [6.07, 6.45) is 1.31. The van der Waals surface area contributed by atoms with E-state index in [1.165, 1.54) is 48.7 Å². The highest BCUT2D eigenvalue weighted by atomic mass is 16.6. The van der Waals surface area contributed by atoms with E-state index in [2.05, 4.69) is 10.5 Å². The molecule has 0 saturated heterocycles. The van der Waals surface area contributed by atoms with Crippen molar-refractivity contribution >= 4 is 17.8 Å². The van der Waals surface area contributed by atoms with Gasteiger partial charge < -0.3 is 5.11 Å². The number of amides is 1. The fourth-order valence-electron chi connectivity index (χ4n) is 1.56. The molecular formula is C14H11N3O4. The highest BCUT2D eigenvalue weighted by Gasteiger charge is 2.05. The molecule has 0 aromatic heterocycles. The number of hydrogen-bond donors (Lipinski definition) is 2. The lowest BCUT2D eigenvalue weighted by Gasteiger charge is -1.99. The van der Waals surface area contributed by atoms with Crippen molar-refractivity contribution in [2.24, 2.45) is 5.10 Å². The largest absolute Gasteiger partial charge is 0.508 e. The van der Waals surface area contributed by atoms with Gasteiger partial charge in [-0.15, -0.1) is 0 Å². The summed E-state index contributed by atoms with van der Waals surface area (Å²) in [6, 6.07) is 11.5. The third-order valence-electron chi connectivity index (χ3n) is 2.59. The molecule has 1 amide bonds. The first-order valence-corrected chi connectivity index (χ1v) is 5.93. The van der Waals surface area contributed by atoms with Crippen LogP contribution in [0.5, 0.6) is 5.75 Å². The van der Waals surface area contributed by atoms with Gasteiger partial charge in [-0.25, -0.2) is 5.43 Å². The van der Waals surface area contributed by atoms with E-state index in [1.54, 1.807) is 6.07 Å². The molecule has 7 heteroatoms. The Bertz CT molecular complexity index is 696. The number of non-ortho nitro benzene ring substituents is 1. The van der Waals surface area contributed by atoms with Crippen LogP contribution in [0.3, 0.4) is 0 Å². The van der Waals surface area contributed by atoms with Gasteiger partial charge in [0, 0.05) is 23.3 Å². The summed E-state index contributed by atoms with van der Waals surface area (Å²) in [5.74, 6) is -0.386. The molecule has 0 atom stereocenters. The Hall–Kier alpha value is -3.22. The molecule has 0 bridgehead atoms. The summed E-state index contributed by atoms with van der Waals surface area (Å²) in [4.78, 5) is 21.8. The minimum atomic E-state index is -0.508. The molecule has 0 spiro atoms. The Kier molecular flexibility index (Phi) is 4.25. The molecule has 21 heavy (non-hydrogen) atoms. The number of carbonyl (C=O) groups is 1. The van der Waals surface area contributed by atoms with E-state index >= 15 is 0 Å². The van der Waals surface area contributed by atoms with Gasteiger partial charge in [-0.05, 0) is 24.3 Å². The zero-order valence-electron chi connectivity index (χ0n) is 10.8. The first-order chi connectivity index (χ1) is 10.1. The number of carbonyl (C=O) groups excluding carboxylic acids is 1. The molecule has 2 N–H and O–H groups in total. The Morgan fingerprint density at radius 3 is 2.62 bits per heavy atom. The van der Waals surface area contributed by atoms with Crippen molar-refractivity contribution in [1.29, 1.82) is 0 Å². The highest BCUT2D eigenvalue weighted by molar-refractivity contribution is 5.95. The molecule has 0 aliphatic heterocycles. The number of nitro groups is 1. The number of phenols is 1. The van der Waals surface area contributed by atoms with E-state index in [0.717, 1.165) is 0 Å². The molecule has 0 radical (unpaired) electrons. The molecule has 7 nitrogen and oxygen atoms in total. The molecule has 0 unspecified atom stereocenters. The van der Waals surface area contributed by atoms with Gasteiger partial charge in [0.1, 0.15) is 5.75 Å². The number of nitrogens with zero attached hydrogens (tertiary/aromatic N) is 2. The fourth-order valence-corrected chi connectivity index (χ4v) is 1.56. The fraction of sp³-hybridized carbons (Fsp3) is 0.